The lowest BCUT2D eigenvalue weighted by Gasteiger charge is -2.38. The summed E-state index contributed by atoms with van der Waals surface area (Å²) < 4.78 is 0. The van der Waals surface area contributed by atoms with E-state index < -0.39 is 0 Å². The number of carbonyl (C=O) groups is 1. The molecule has 2 atom stereocenters. The molecule has 106 valence electrons. The fourth-order valence-electron chi connectivity index (χ4n) is 2.93. The minimum Gasteiger partial charge on any atom is -0.395 e. The van der Waals surface area contributed by atoms with Gasteiger partial charge in [0.05, 0.1) is 11.4 Å². The number of nitrogens with two attached hydrogens (primary N) is 1. The van der Waals surface area contributed by atoms with Gasteiger partial charge in [-0.25, -0.2) is 0 Å². The van der Waals surface area contributed by atoms with Crippen LogP contribution in [-0.4, -0.2) is 33.1 Å². The van der Waals surface area contributed by atoms with Gasteiger partial charge in [0, 0.05) is 12.1 Å². The SMILES string of the molecule is CCCc1[nH]nc(C(=O)N2C(C)CCCC2C)c1N. The summed E-state index contributed by atoms with van der Waals surface area (Å²) >= 11 is 0. The number of nitrogens with zero attached hydrogens (tertiary/aromatic N) is 2. The average molecular weight is 264 g/mol. The van der Waals surface area contributed by atoms with Crippen molar-refractivity contribution in [1.82, 2.24) is 15.1 Å². The van der Waals surface area contributed by atoms with Crippen molar-refractivity contribution in [3.8, 4) is 0 Å². The number of nitrogens with one attached hydrogen (secondary N) is 1. The molecule has 1 aliphatic rings. The topological polar surface area (TPSA) is 75.0 Å². The summed E-state index contributed by atoms with van der Waals surface area (Å²) in [5.74, 6) is -0.0317. The van der Waals surface area contributed by atoms with Gasteiger partial charge in [0.2, 0.25) is 0 Å². The molecule has 1 saturated heterocycles. The first kappa shape index (κ1) is 13.9. The predicted molar refractivity (Wildman–Crippen MR) is 75.9 cm³/mol. The highest BCUT2D eigenvalue weighted by atomic mass is 16.2. The van der Waals surface area contributed by atoms with E-state index >= 15 is 0 Å². The second kappa shape index (κ2) is 5.63. The van der Waals surface area contributed by atoms with Crippen LogP contribution < -0.4 is 5.73 Å². The standard InChI is InChI=1S/C14H24N4O/c1-4-6-11-12(15)13(17-16-11)14(19)18-9(2)7-5-8-10(18)3/h9-10H,4-8,15H2,1-3H3,(H,16,17). The van der Waals surface area contributed by atoms with Crippen molar-refractivity contribution in [3.05, 3.63) is 11.4 Å². The molecule has 1 fully saturated rings. The maximum atomic E-state index is 12.6. The maximum Gasteiger partial charge on any atom is 0.276 e. The first-order chi connectivity index (χ1) is 9.06. The van der Waals surface area contributed by atoms with Crippen LogP contribution in [0.5, 0.6) is 0 Å². The third kappa shape index (κ3) is 2.60. The van der Waals surface area contributed by atoms with Gasteiger partial charge in [-0.1, -0.05) is 13.3 Å². The van der Waals surface area contributed by atoms with Crippen molar-refractivity contribution in [1.29, 1.82) is 0 Å². The summed E-state index contributed by atoms with van der Waals surface area (Å²) in [6.45, 7) is 6.28. The molecule has 0 spiro atoms. The molecular weight excluding hydrogens is 240 g/mol. The summed E-state index contributed by atoms with van der Waals surface area (Å²) in [6, 6.07) is 0.531. The number of anilines is 1. The van der Waals surface area contributed by atoms with Crippen LogP contribution in [0.25, 0.3) is 0 Å². The van der Waals surface area contributed by atoms with Crippen LogP contribution in [-0.2, 0) is 6.42 Å². The van der Waals surface area contributed by atoms with Gasteiger partial charge in [0.25, 0.3) is 5.91 Å². The smallest absolute Gasteiger partial charge is 0.276 e. The fourth-order valence-corrected chi connectivity index (χ4v) is 2.93. The zero-order chi connectivity index (χ0) is 14.0. The number of aryl methyl sites for hydroxylation is 1. The summed E-state index contributed by atoms with van der Waals surface area (Å²) in [5.41, 5.74) is 7.84. The van der Waals surface area contributed by atoms with Crippen molar-refractivity contribution in [2.45, 2.75) is 65.0 Å². The molecule has 0 aliphatic carbocycles. The zero-order valence-electron chi connectivity index (χ0n) is 12.1. The third-order valence-electron chi connectivity index (χ3n) is 4.01. The normalized spacial score (nSPS) is 23.6. The van der Waals surface area contributed by atoms with Crippen molar-refractivity contribution >= 4 is 11.6 Å². The fraction of sp³-hybridized carbons (Fsp3) is 0.714. The van der Waals surface area contributed by atoms with E-state index in [4.69, 9.17) is 5.73 Å². The van der Waals surface area contributed by atoms with Crippen molar-refractivity contribution in [2.24, 2.45) is 0 Å². The Kier molecular flexibility index (Phi) is 4.12. The molecule has 1 aliphatic heterocycles. The third-order valence-corrected chi connectivity index (χ3v) is 4.01. The molecule has 5 nitrogen and oxygen atoms in total. The lowest BCUT2D eigenvalue weighted by atomic mass is 9.97. The number of rotatable bonds is 3. The Bertz CT molecular complexity index is 444. The van der Waals surface area contributed by atoms with Crippen LogP contribution in [0.2, 0.25) is 0 Å². The Morgan fingerprint density at radius 2 is 2.05 bits per heavy atom. The van der Waals surface area contributed by atoms with Crippen molar-refractivity contribution in [3.63, 3.8) is 0 Å². The van der Waals surface area contributed by atoms with Crippen LogP contribution in [0.1, 0.15) is 62.6 Å². The molecule has 5 heteroatoms. The van der Waals surface area contributed by atoms with E-state index in [0.29, 0.717) is 11.4 Å². The summed E-state index contributed by atoms with van der Waals surface area (Å²) in [5, 5.41) is 7.04. The largest absolute Gasteiger partial charge is 0.395 e. The monoisotopic (exact) mass is 264 g/mol. The molecule has 3 N–H and O–H groups in total. The molecule has 1 amide bonds. The highest BCUT2D eigenvalue weighted by molar-refractivity contribution is 5.98. The highest BCUT2D eigenvalue weighted by Crippen LogP contribution is 2.26. The Balaban J connectivity index is 2.23. The minimum absolute atomic E-state index is 0.0317. The molecule has 2 heterocycles. The molecule has 1 aromatic heterocycles. The Morgan fingerprint density at radius 1 is 1.42 bits per heavy atom. The van der Waals surface area contributed by atoms with Crippen LogP contribution in [0, 0.1) is 0 Å². The molecule has 0 saturated carbocycles. The van der Waals surface area contributed by atoms with Gasteiger partial charge >= 0.3 is 0 Å². The van der Waals surface area contributed by atoms with E-state index in [9.17, 15) is 4.79 Å². The summed E-state index contributed by atoms with van der Waals surface area (Å²) in [4.78, 5) is 14.6. The number of aromatic amines is 1. The average Bonchev–Trinajstić information content (AvgIpc) is 2.71. The zero-order valence-corrected chi connectivity index (χ0v) is 12.1. The first-order valence-electron chi connectivity index (χ1n) is 7.21. The molecule has 0 aromatic carbocycles. The van der Waals surface area contributed by atoms with Crippen LogP contribution in [0.4, 0.5) is 5.69 Å². The number of nitrogen functional groups attached to an aromatic ring is 1. The Labute approximate surface area is 114 Å². The molecular formula is C14H24N4O. The van der Waals surface area contributed by atoms with Gasteiger partial charge in [-0.2, -0.15) is 5.10 Å². The molecule has 1 aromatic rings. The number of likely N-dealkylation sites (tertiary alicyclic amines) is 1. The molecule has 19 heavy (non-hydrogen) atoms. The summed E-state index contributed by atoms with van der Waals surface area (Å²) in [6.07, 6.45) is 5.11. The van der Waals surface area contributed by atoms with Gasteiger partial charge in [-0.15, -0.1) is 0 Å². The quantitative estimate of drug-likeness (QED) is 0.880. The molecule has 2 unspecified atom stereocenters. The van der Waals surface area contributed by atoms with Crippen molar-refractivity contribution < 1.29 is 4.79 Å². The molecule has 0 bridgehead atoms. The van der Waals surface area contributed by atoms with Gasteiger partial charge in [-0.05, 0) is 39.5 Å². The minimum atomic E-state index is -0.0317. The number of amides is 1. The van der Waals surface area contributed by atoms with Gasteiger partial charge in [0.15, 0.2) is 5.69 Å². The van der Waals surface area contributed by atoms with Crippen LogP contribution in [0.15, 0.2) is 0 Å². The second-order valence-electron chi connectivity index (χ2n) is 5.56. The van der Waals surface area contributed by atoms with Gasteiger partial charge in [-0.3, -0.25) is 9.89 Å². The number of aromatic nitrogens is 2. The van der Waals surface area contributed by atoms with E-state index in [0.717, 1.165) is 31.4 Å². The lowest BCUT2D eigenvalue weighted by molar-refractivity contribution is 0.0505. The number of hydrogen-bond acceptors (Lipinski definition) is 3. The Morgan fingerprint density at radius 3 is 2.63 bits per heavy atom. The highest BCUT2D eigenvalue weighted by Gasteiger charge is 2.32. The number of carbonyl (C=O) groups excluding carboxylic acids is 1. The Hall–Kier alpha value is -1.52. The van der Waals surface area contributed by atoms with Gasteiger partial charge in [0.1, 0.15) is 0 Å². The predicted octanol–water partition coefficient (Wildman–Crippen LogP) is 2.35. The lowest BCUT2D eigenvalue weighted by Crippen LogP contribution is -2.47. The van der Waals surface area contributed by atoms with E-state index in [2.05, 4.69) is 31.0 Å². The van der Waals surface area contributed by atoms with Crippen molar-refractivity contribution in [2.75, 3.05) is 5.73 Å². The van der Waals surface area contributed by atoms with Crippen LogP contribution >= 0.6 is 0 Å². The first-order valence-corrected chi connectivity index (χ1v) is 7.21. The number of H-pyrrole nitrogens is 1. The molecule has 0 radical (unpaired) electrons. The van der Waals surface area contributed by atoms with E-state index in [1.54, 1.807) is 0 Å². The van der Waals surface area contributed by atoms with Crippen LogP contribution in [0.3, 0.4) is 0 Å². The summed E-state index contributed by atoms with van der Waals surface area (Å²) in [7, 11) is 0. The van der Waals surface area contributed by atoms with Gasteiger partial charge < -0.3 is 10.6 Å². The number of piperidine rings is 1. The second-order valence-corrected chi connectivity index (χ2v) is 5.56. The van der Waals surface area contributed by atoms with E-state index in [1.807, 2.05) is 4.90 Å². The van der Waals surface area contributed by atoms with E-state index in [1.165, 1.54) is 6.42 Å². The molecule has 2 rings (SSSR count). The maximum absolute atomic E-state index is 12.6. The van der Waals surface area contributed by atoms with E-state index in [-0.39, 0.29) is 18.0 Å². The number of hydrogen-bond donors (Lipinski definition) is 2.